The van der Waals surface area contributed by atoms with Crippen LogP contribution in [-0.2, 0) is 32.6 Å². The van der Waals surface area contributed by atoms with E-state index in [4.69, 9.17) is 16.3 Å². The maximum Gasteiger partial charge on any atom is 0.273 e. The summed E-state index contributed by atoms with van der Waals surface area (Å²) in [4.78, 5) is 40.4. The summed E-state index contributed by atoms with van der Waals surface area (Å²) in [5.74, 6) is -0.638. The number of sulfonamides is 1. The highest BCUT2D eigenvalue weighted by atomic mass is 35.5. The Balaban J connectivity index is 1.84. The average molecular weight is 693 g/mol. The zero-order valence-electron chi connectivity index (χ0n) is 27.0. The number of carbonyl (C=O) groups is 2. The highest BCUT2D eigenvalue weighted by molar-refractivity contribution is 7.92. The lowest BCUT2D eigenvalue weighted by Crippen LogP contribution is -2.54. The summed E-state index contributed by atoms with van der Waals surface area (Å²) in [5, 5.41) is 15.1. The van der Waals surface area contributed by atoms with E-state index in [0.29, 0.717) is 16.3 Å². The van der Waals surface area contributed by atoms with Gasteiger partial charge in [-0.25, -0.2) is 8.42 Å². The summed E-state index contributed by atoms with van der Waals surface area (Å²) in [6.07, 6.45) is 0.151. The van der Waals surface area contributed by atoms with Crippen LogP contribution in [-0.4, -0.2) is 55.8 Å². The fourth-order valence-electron chi connectivity index (χ4n) is 5.07. The van der Waals surface area contributed by atoms with Crippen molar-refractivity contribution in [1.29, 1.82) is 0 Å². The van der Waals surface area contributed by atoms with Crippen LogP contribution < -0.4 is 14.4 Å². The quantitative estimate of drug-likeness (QED) is 0.128. The first-order valence-corrected chi connectivity index (χ1v) is 16.9. The Morgan fingerprint density at radius 2 is 1.58 bits per heavy atom. The number of hydrogen-bond donors (Lipinski definition) is 1. The van der Waals surface area contributed by atoms with Crippen LogP contribution in [0.2, 0.25) is 5.02 Å². The average Bonchev–Trinajstić information content (AvgIpc) is 3.06. The molecule has 0 saturated heterocycles. The molecule has 0 heterocycles. The SMILES string of the molecule is COc1ccc(N(CC(=O)N(Cc2ccc(Cl)cc2)[C@H](Cc2ccccc2)C(=O)NC(C)C)S(=O)(=O)c2ccc(C)c([N+](=O)[O-])c2)cc1. The van der Waals surface area contributed by atoms with Crippen LogP contribution in [0.25, 0.3) is 0 Å². The van der Waals surface area contributed by atoms with Gasteiger partial charge in [0.2, 0.25) is 11.8 Å². The van der Waals surface area contributed by atoms with Gasteiger partial charge in [0, 0.05) is 35.7 Å². The number of rotatable bonds is 14. The molecule has 0 radical (unpaired) electrons. The molecule has 48 heavy (non-hydrogen) atoms. The maximum absolute atomic E-state index is 14.5. The summed E-state index contributed by atoms with van der Waals surface area (Å²) >= 11 is 6.13. The number of nitrogens with one attached hydrogen (secondary N) is 1. The molecule has 0 spiro atoms. The minimum absolute atomic E-state index is 0.0362. The van der Waals surface area contributed by atoms with Gasteiger partial charge in [0.15, 0.2) is 0 Å². The molecule has 11 nitrogen and oxygen atoms in total. The molecule has 0 aliphatic carbocycles. The molecule has 0 fully saturated rings. The molecule has 0 aliphatic heterocycles. The van der Waals surface area contributed by atoms with Crippen LogP contribution in [0.15, 0.2) is 102 Å². The zero-order chi connectivity index (χ0) is 35.0. The molecule has 2 amide bonds. The number of nitro benzene ring substituents is 1. The molecule has 0 aromatic heterocycles. The van der Waals surface area contributed by atoms with E-state index in [1.807, 2.05) is 44.2 Å². The minimum atomic E-state index is -4.55. The molecule has 4 aromatic rings. The normalized spacial score (nSPS) is 11.9. The van der Waals surface area contributed by atoms with Crippen molar-refractivity contribution in [2.24, 2.45) is 0 Å². The lowest BCUT2D eigenvalue weighted by Gasteiger charge is -2.34. The molecular formula is C35H37ClN4O7S. The molecule has 0 saturated carbocycles. The van der Waals surface area contributed by atoms with Crippen molar-refractivity contribution >= 4 is 44.8 Å². The van der Waals surface area contributed by atoms with Gasteiger partial charge >= 0.3 is 0 Å². The number of nitro groups is 1. The van der Waals surface area contributed by atoms with Crippen molar-refractivity contribution in [2.45, 2.75) is 50.7 Å². The van der Waals surface area contributed by atoms with Crippen molar-refractivity contribution in [3.63, 3.8) is 0 Å². The predicted molar refractivity (Wildman–Crippen MR) is 185 cm³/mol. The first kappa shape index (κ1) is 35.9. The van der Waals surface area contributed by atoms with Crippen molar-refractivity contribution in [2.75, 3.05) is 18.0 Å². The summed E-state index contributed by atoms with van der Waals surface area (Å²) in [7, 11) is -3.09. The number of amides is 2. The summed E-state index contributed by atoms with van der Waals surface area (Å²) < 4.78 is 34.7. The number of hydrogen-bond acceptors (Lipinski definition) is 7. The van der Waals surface area contributed by atoms with Gasteiger partial charge in [0.1, 0.15) is 18.3 Å². The van der Waals surface area contributed by atoms with Gasteiger partial charge in [-0.05, 0) is 74.4 Å². The van der Waals surface area contributed by atoms with Gasteiger partial charge in [-0.1, -0.05) is 60.1 Å². The third-order valence-corrected chi connectivity index (χ3v) is 9.59. The second-order valence-corrected chi connectivity index (χ2v) is 13.7. The third-order valence-electron chi connectivity index (χ3n) is 7.57. The van der Waals surface area contributed by atoms with Crippen molar-refractivity contribution in [3.8, 4) is 5.75 Å². The van der Waals surface area contributed by atoms with Crippen LogP contribution in [0.1, 0.15) is 30.5 Å². The van der Waals surface area contributed by atoms with E-state index in [-0.39, 0.29) is 40.8 Å². The molecule has 1 N–H and O–H groups in total. The molecule has 4 aromatic carbocycles. The Hall–Kier alpha value is -4.94. The monoisotopic (exact) mass is 692 g/mol. The standard InChI is InChI=1S/C35H37ClN4O7S/c1-24(2)37-35(42)33(20-26-8-6-5-7-9-26)38(22-27-11-13-28(36)14-12-27)34(41)23-39(29-15-17-30(47-4)18-16-29)48(45,46)31-19-10-25(3)32(21-31)40(43)44/h5-19,21,24,33H,20,22-23H2,1-4H3,(H,37,42)/t33-/m1/s1. The van der Waals surface area contributed by atoms with Gasteiger partial charge in [-0.2, -0.15) is 0 Å². The fraction of sp³-hybridized carbons (Fsp3) is 0.257. The van der Waals surface area contributed by atoms with Crippen molar-refractivity contribution in [1.82, 2.24) is 10.2 Å². The Labute approximate surface area is 285 Å². The topological polar surface area (TPSA) is 139 Å². The van der Waals surface area contributed by atoms with Gasteiger partial charge in [0.05, 0.1) is 22.6 Å². The van der Waals surface area contributed by atoms with Crippen LogP contribution >= 0.6 is 11.6 Å². The van der Waals surface area contributed by atoms with E-state index in [9.17, 15) is 28.1 Å². The first-order valence-electron chi connectivity index (χ1n) is 15.1. The highest BCUT2D eigenvalue weighted by Crippen LogP contribution is 2.30. The van der Waals surface area contributed by atoms with E-state index < -0.39 is 39.3 Å². The molecular weight excluding hydrogens is 656 g/mol. The molecule has 13 heteroatoms. The summed E-state index contributed by atoms with van der Waals surface area (Å²) in [6, 6.07) is 24.3. The van der Waals surface area contributed by atoms with E-state index in [0.717, 1.165) is 15.9 Å². The van der Waals surface area contributed by atoms with E-state index >= 15 is 0 Å². The number of halogens is 1. The van der Waals surface area contributed by atoms with Crippen LogP contribution in [0.5, 0.6) is 5.75 Å². The number of carbonyl (C=O) groups excluding carboxylic acids is 2. The molecule has 1 atom stereocenters. The molecule has 252 valence electrons. The Morgan fingerprint density at radius 1 is 0.938 bits per heavy atom. The van der Waals surface area contributed by atoms with Crippen LogP contribution in [0.3, 0.4) is 0 Å². The molecule has 0 aliphatic rings. The second-order valence-electron chi connectivity index (χ2n) is 11.4. The predicted octanol–water partition coefficient (Wildman–Crippen LogP) is 5.93. The maximum atomic E-state index is 14.5. The van der Waals surface area contributed by atoms with E-state index in [2.05, 4.69) is 5.32 Å². The van der Waals surface area contributed by atoms with Gasteiger partial charge in [-0.15, -0.1) is 0 Å². The van der Waals surface area contributed by atoms with Gasteiger partial charge in [-0.3, -0.25) is 24.0 Å². The lowest BCUT2D eigenvalue weighted by atomic mass is 10.0. The second kappa shape index (κ2) is 15.8. The summed E-state index contributed by atoms with van der Waals surface area (Å²) in [5.41, 5.74) is 1.47. The Bertz CT molecular complexity index is 1850. The number of ether oxygens (including phenoxy) is 1. The highest BCUT2D eigenvalue weighted by Gasteiger charge is 2.35. The third kappa shape index (κ3) is 8.90. The Kier molecular flexibility index (Phi) is 11.8. The number of anilines is 1. The van der Waals surface area contributed by atoms with Crippen LogP contribution in [0.4, 0.5) is 11.4 Å². The summed E-state index contributed by atoms with van der Waals surface area (Å²) in [6.45, 7) is 4.36. The largest absolute Gasteiger partial charge is 0.497 e. The number of methoxy groups -OCH3 is 1. The number of aryl methyl sites for hydroxylation is 1. The van der Waals surface area contributed by atoms with Gasteiger partial charge < -0.3 is 15.0 Å². The molecule has 0 unspecified atom stereocenters. The van der Waals surface area contributed by atoms with E-state index in [1.54, 1.807) is 36.4 Å². The first-order chi connectivity index (χ1) is 22.8. The lowest BCUT2D eigenvalue weighted by molar-refractivity contribution is -0.385. The molecule has 4 rings (SSSR count). The zero-order valence-corrected chi connectivity index (χ0v) is 28.6. The van der Waals surface area contributed by atoms with E-state index in [1.165, 1.54) is 43.2 Å². The number of benzene rings is 4. The van der Waals surface area contributed by atoms with Gasteiger partial charge in [0.25, 0.3) is 15.7 Å². The molecule has 0 bridgehead atoms. The smallest absolute Gasteiger partial charge is 0.273 e. The minimum Gasteiger partial charge on any atom is -0.497 e. The van der Waals surface area contributed by atoms with Crippen LogP contribution in [0, 0.1) is 17.0 Å². The van der Waals surface area contributed by atoms with Crippen molar-refractivity contribution in [3.05, 3.63) is 129 Å². The Morgan fingerprint density at radius 3 is 2.17 bits per heavy atom. The number of nitrogens with zero attached hydrogens (tertiary/aromatic N) is 3. The van der Waals surface area contributed by atoms with Crippen molar-refractivity contribution < 1.29 is 27.7 Å². The fourth-order valence-corrected chi connectivity index (χ4v) is 6.63.